The number of carbonyl (C=O) groups is 1. The van der Waals surface area contributed by atoms with E-state index in [9.17, 15) is 13.2 Å². The summed E-state index contributed by atoms with van der Waals surface area (Å²) in [5.41, 5.74) is 0.648. The van der Waals surface area contributed by atoms with E-state index in [2.05, 4.69) is 27.9 Å². The number of hydrogen-bond donors (Lipinski definition) is 1. The Labute approximate surface area is 217 Å². The lowest BCUT2D eigenvalue weighted by molar-refractivity contribution is -0.114. The van der Waals surface area contributed by atoms with Crippen molar-refractivity contribution in [1.29, 1.82) is 0 Å². The van der Waals surface area contributed by atoms with Crippen LogP contribution >= 0.6 is 34.2 Å². The van der Waals surface area contributed by atoms with Crippen molar-refractivity contribution >= 4 is 61.5 Å². The summed E-state index contributed by atoms with van der Waals surface area (Å²) < 4.78 is 45.3. The third-order valence-corrected chi connectivity index (χ3v) is 7.48. The molecule has 0 spiro atoms. The van der Waals surface area contributed by atoms with Gasteiger partial charge < -0.3 is 19.5 Å². The lowest BCUT2D eigenvalue weighted by Crippen LogP contribution is -2.38. The molecule has 0 aliphatic heterocycles. The van der Waals surface area contributed by atoms with Gasteiger partial charge in [0.1, 0.15) is 12.3 Å². The highest BCUT2D eigenvalue weighted by Crippen LogP contribution is 2.37. The first-order chi connectivity index (χ1) is 16.2. The number of methoxy groups -OCH3 is 3. The first-order valence-electron chi connectivity index (χ1n) is 9.83. The van der Waals surface area contributed by atoms with E-state index in [1.54, 1.807) is 18.2 Å². The lowest BCUT2D eigenvalue weighted by Gasteiger charge is -2.26. The van der Waals surface area contributed by atoms with Crippen LogP contribution in [0.5, 0.6) is 17.2 Å². The van der Waals surface area contributed by atoms with Gasteiger partial charge in [0.05, 0.1) is 31.9 Å². The van der Waals surface area contributed by atoms with Crippen molar-refractivity contribution in [3.63, 3.8) is 0 Å². The van der Waals surface area contributed by atoms with Gasteiger partial charge in [-0.05, 0) is 77.2 Å². The molecular weight excluding hydrogens is 595 g/mol. The van der Waals surface area contributed by atoms with Crippen LogP contribution < -0.4 is 23.8 Å². The number of anilines is 2. The molecule has 1 N–H and O–H groups in total. The second-order valence-electron chi connectivity index (χ2n) is 6.90. The highest BCUT2D eigenvalue weighted by molar-refractivity contribution is 14.1. The largest absolute Gasteiger partial charge is 0.495 e. The van der Waals surface area contributed by atoms with Crippen LogP contribution in [0, 0.1) is 3.57 Å². The molecule has 0 saturated heterocycles. The van der Waals surface area contributed by atoms with Gasteiger partial charge in [0, 0.05) is 20.3 Å². The molecule has 0 atom stereocenters. The maximum absolute atomic E-state index is 13.8. The molecule has 0 aromatic heterocycles. The predicted molar refractivity (Wildman–Crippen MR) is 140 cm³/mol. The zero-order valence-electron chi connectivity index (χ0n) is 18.5. The lowest BCUT2D eigenvalue weighted by atomic mass is 10.3. The summed E-state index contributed by atoms with van der Waals surface area (Å²) in [4.78, 5) is 12.8. The third-order valence-electron chi connectivity index (χ3n) is 4.77. The molecule has 1 amide bonds. The molecule has 3 rings (SSSR count). The Morgan fingerprint density at radius 3 is 2.15 bits per heavy atom. The molecule has 180 valence electrons. The number of sulfonamides is 1. The Balaban J connectivity index is 2.07. The van der Waals surface area contributed by atoms with Crippen LogP contribution in [0.3, 0.4) is 0 Å². The second-order valence-corrected chi connectivity index (χ2v) is 10.4. The maximum Gasteiger partial charge on any atom is 0.265 e. The molecule has 8 nitrogen and oxygen atoms in total. The molecule has 0 fully saturated rings. The molecule has 3 aromatic carbocycles. The highest BCUT2D eigenvalue weighted by Gasteiger charge is 2.30. The molecular formula is C23H22ClIN2O6S. The van der Waals surface area contributed by atoms with Gasteiger partial charge in [-0.2, -0.15) is 0 Å². The number of rotatable bonds is 9. The van der Waals surface area contributed by atoms with E-state index < -0.39 is 22.5 Å². The summed E-state index contributed by atoms with van der Waals surface area (Å²) >= 11 is 8.32. The fraction of sp³-hybridized carbons (Fsp3) is 0.174. The molecule has 0 bridgehead atoms. The Hall–Kier alpha value is -2.70. The quantitative estimate of drug-likeness (QED) is 0.347. The van der Waals surface area contributed by atoms with Gasteiger partial charge in [0.2, 0.25) is 5.91 Å². The van der Waals surface area contributed by atoms with Crippen molar-refractivity contribution < 1.29 is 27.4 Å². The van der Waals surface area contributed by atoms with Gasteiger partial charge in [-0.1, -0.05) is 11.6 Å². The van der Waals surface area contributed by atoms with E-state index in [1.807, 2.05) is 12.1 Å². The SMILES string of the molecule is COc1ccc(S(=O)(=O)N(CC(=O)Nc2ccc(I)cc2)c2cc(Cl)ccc2OC)cc1OC. The predicted octanol–water partition coefficient (Wildman–Crippen LogP) is 4.80. The molecule has 3 aromatic rings. The summed E-state index contributed by atoms with van der Waals surface area (Å²) in [7, 11) is -0.00384. The average molecular weight is 617 g/mol. The smallest absolute Gasteiger partial charge is 0.265 e. The van der Waals surface area contributed by atoms with Crippen LogP contribution in [0.25, 0.3) is 0 Å². The van der Waals surface area contributed by atoms with Crippen molar-refractivity contribution in [1.82, 2.24) is 0 Å². The number of carbonyl (C=O) groups excluding carboxylic acids is 1. The monoisotopic (exact) mass is 616 g/mol. The van der Waals surface area contributed by atoms with Crippen molar-refractivity contribution in [2.24, 2.45) is 0 Å². The molecule has 0 unspecified atom stereocenters. The molecule has 11 heteroatoms. The molecule has 34 heavy (non-hydrogen) atoms. The number of halogens is 2. The number of hydrogen-bond acceptors (Lipinski definition) is 6. The molecule has 0 heterocycles. The number of benzene rings is 3. The van der Waals surface area contributed by atoms with E-state index in [1.165, 1.54) is 51.7 Å². The van der Waals surface area contributed by atoms with E-state index in [0.717, 1.165) is 7.88 Å². The van der Waals surface area contributed by atoms with Gasteiger partial charge in [-0.3, -0.25) is 9.10 Å². The zero-order chi connectivity index (χ0) is 24.9. The second kappa shape index (κ2) is 11.2. The Morgan fingerprint density at radius 1 is 0.912 bits per heavy atom. The maximum atomic E-state index is 13.8. The van der Waals surface area contributed by atoms with Gasteiger partial charge in [0.15, 0.2) is 11.5 Å². The minimum atomic E-state index is -4.26. The first-order valence-corrected chi connectivity index (χ1v) is 12.7. The van der Waals surface area contributed by atoms with Gasteiger partial charge in [-0.25, -0.2) is 8.42 Å². The van der Waals surface area contributed by atoms with Crippen LogP contribution in [-0.2, 0) is 14.8 Å². The molecule has 0 radical (unpaired) electrons. The van der Waals surface area contributed by atoms with Crippen LogP contribution in [0.1, 0.15) is 0 Å². The van der Waals surface area contributed by atoms with Gasteiger partial charge in [-0.15, -0.1) is 0 Å². The highest BCUT2D eigenvalue weighted by atomic mass is 127. The van der Waals surface area contributed by atoms with E-state index >= 15 is 0 Å². The molecule has 0 aliphatic carbocycles. The molecule has 0 saturated carbocycles. The van der Waals surface area contributed by atoms with Gasteiger partial charge in [0.25, 0.3) is 10.0 Å². The average Bonchev–Trinajstić information content (AvgIpc) is 2.83. The number of nitrogens with one attached hydrogen (secondary N) is 1. The summed E-state index contributed by atoms with van der Waals surface area (Å²) in [6, 6.07) is 15.8. The summed E-state index contributed by atoms with van der Waals surface area (Å²) in [5.74, 6) is 0.275. The Morgan fingerprint density at radius 2 is 1.53 bits per heavy atom. The van der Waals surface area contributed by atoms with Crippen LogP contribution in [0.15, 0.2) is 65.6 Å². The first kappa shape index (κ1) is 25.9. The Kier molecular flexibility index (Phi) is 8.50. The standard InChI is InChI=1S/C23H22ClIN2O6S/c1-31-20-10-4-15(24)12-19(20)27(14-23(28)26-17-7-5-16(25)6-8-17)34(29,30)18-9-11-21(32-2)22(13-18)33-3/h4-13H,14H2,1-3H3,(H,26,28). The van der Waals surface area contributed by atoms with Crippen molar-refractivity contribution in [3.8, 4) is 17.2 Å². The minimum absolute atomic E-state index is 0.103. The summed E-state index contributed by atoms with van der Waals surface area (Å²) in [6.45, 7) is -0.528. The fourth-order valence-electron chi connectivity index (χ4n) is 3.13. The van der Waals surface area contributed by atoms with Crippen LogP contribution in [0.2, 0.25) is 5.02 Å². The van der Waals surface area contributed by atoms with Crippen LogP contribution in [0.4, 0.5) is 11.4 Å². The zero-order valence-corrected chi connectivity index (χ0v) is 22.3. The van der Waals surface area contributed by atoms with Crippen molar-refractivity contribution in [3.05, 3.63) is 69.3 Å². The number of nitrogens with zero attached hydrogens (tertiary/aromatic N) is 1. The minimum Gasteiger partial charge on any atom is -0.495 e. The summed E-state index contributed by atoms with van der Waals surface area (Å²) in [6.07, 6.45) is 0. The van der Waals surface area contributed by atoms with Crippen LogP contribution in [-0.4, -0.2) is 42.2 Å². The van der Waals surface area contributed by atoms with E-state index in [4.69, 9.17) is 25.8 Å². The van der Waals surface area contributed by atoms with Crippen molar-refractivity contribution in [2.45, 2.75) is 4.90 Å². The third kappa shape index (κ3) is 5.86. The molecule has 0 aliphatic rings. The Bertz CT molecular complexity index is 1290. The van der Waals surface area contributed by atoms with Gasteiger partial charge >= 0.3 is 0 Å². The fourth-order valence-corrected chi connectivity index (χ4v) is 5.09. The number of ether oxygens (including phenoxy) is 3. The number of amides is 1. The van der Waals surface area contributed by atoms with Crippen molar-refractivity contribution in [2.75, 3.05) is 37.5 Å². The summed E-state index contributed by atoms with van der Waals surface area (Å²) in [5, 5.41) is 3.00. The van der Waals surface area contributed by atoms with E-state index in [0.29, 0.717) is 11.4 Å². The topological polar surface area (TPSA) is 94.2 Å². The van der Waals surface area contributed by atoms with E-state index in [-0.39, 0.29) is 27.1 Å². The normalized spacial score (nSPS) is 11.0.